The van der Waals surface area contributed by atoms with Crippen molar-refractivity contribution in [3.05, 3.63) is 47.3 Å². The van der Waals surface area contributed by atoms with E-state index in [4.69, 9.17) is 0 Å². The van der Waals surface area contributed by atoms with Gasteiger partial charge in [-0.3, -0.25) is 0 Å². The molecular weight excluding hydrogens is 260 g/mol. The lowest BCUT2D eigenvalue weighted by Gasteiger charge is -2.19. The fourth-order valence-corrected chi connectivity index (χ4v) is 2.05. The highest BCUT2D eigenvalue weighted by atomic mass is 15.4. The quantitative estimate of drug-likeness (QED) is 0.916. The van der Waals surface area contributed by atoms with Gasteiger partial charge >= 0.3 is 0 Å². The van der Waals surface area contributed by atoms with Crippen LogP contribution < -0.4 is 5.32 Å². The second-order valence-corrected chi connectivity index (χ2v) is 6.91. The van der Waals surface area contributed by atoms with Gasteiger partial charge in [0, 0.05) is 12.1 Å². The van der Waals surface area contributed by atoms with Gasteiger partial charge in [0.2, 0.25) is 0 Å². The van der Waals surface area contributed by atoms with E-state index in [0.717, 1.165) is 18.8 Å². The summed E-state index contributed by atoms with van der Waals surface area (Å²) >= 11 is 0. The molecule has 21 heavy (non-hydrogen) atoms. The van der Waals surface area contributed by atoms with E-state index in [1.807, 2.05) is 10.9 Å². The Morgan fingerprint density at radius 1 is 1.14 bits per heavy atom. The summed E-state index contributed by atoms with van der Waals surface area (Å²) in [6, 6.07) is 8.73. The van der Waals surface area contributed by atoms with E-state index in [-0.39, 0.29) is 5.54 Å². The van der Waals surface area contributed by atoms with Gasteiger partial charge in [0.05, 0.1) is 18.4 Å². The lowest BCUT2D eigenvalue weighted by Crippen LogP contribution is -2.35. The van der Waals surface area contributed by atoms with Crippen LogP contribution in [0.15, 0.2) is 30.5 Å². The zero-order valence-electron chi connectivity index (χ0n) is 13.7. The summed E-state index contributed by atoms with van der Waals surface area (Å²) in [7, 11) is 0. The molecule has 0 unspecified atom stereocenters. The van der Waals surface area contributed by atoms with Crippen LogP contribution in [0, 0.1) is 0 Å². The normalized spacial score (nSPS) is 12.1. The summed E-state index contributed by atoms with van der Waals surface area (Å²) in [5.74, 6) is 0.570. The standard InChI is InChI=1S/C17H26N4/c1-13(2)15-8-6-14(7-9-15)11-21-12-16(19-20-21)10-18-17(3,4)5/h6-9,12-13,18H,10-11H2,1-5H3. The van der Waals surface area contributed by atoms with Crippen molar-refractivity contribution in [1.29, 1.82) is 0 Å². The Hall–Kier alpha value is -1.68. The molecule has 1 N–H and O–H groups in total. The summed E-state index contributed by atoms with van der Waals surface area (Å²) < 4.78 is 1.89. The van der Waals surface area contributed by atoms with Crippen LogP contribution in [0.3, 0.4) is 0 Å². The maximum atomic E-state index is 4.21. The third-order valence-electron chi connectivity index (χ3n) is 3.38. The first-order valence-corrected chi connectivity index (χ1v) is 7.56. The van der Waals surface area contributed by atoms with Crippen molar-refractivity contribution in [2.75, 3.05) is 0 Å². The van der Waals surface area contributed by atoms with Crippen LogP contribution in [0.4, 0.5) is 0 Å². The van der Waals surface area contributed by atoms with Gasteiger partial charge in [-0.1, -0.05) is 43.3 Å². The Labute approximate surface area is 127 Å². The zero-order valence-corrected chi connectivity index (χ0v) is 13.7. The fourth-order valence-electron chi connectivity index (χ4n) is 2.05. The Morgan fingerprint density at radius 3 is 2.38 bits per heavy atom. The third kappa shape index (κ3) is 4.97. The summed E-state index contributed by atoms with van der Waals surface area (Å²) in [5, 5.41) is 11.8. The minimum Gasteiger partial charge on any atom is -0.306 e. The van der Waals surface area contributed by atoms with Crippen molar-refractivity contribution in [3.8, 4) is 0 Å². The predicted octanol–water partition coefficient (Wildman–Crippen LogP) is 3.34. The van der Waals surface area contributed by atoms with Crippen molar-refractivity contribution in [3.63, 3.8) is 0 Å². The Morgan fingerprint density at radius 2 is 1.81 bits per heavy atom. The highest BCUT2D eigenvalue weighted by Gasteiger charge is 2.10. The second kappa shape index (κ2) is 6.39. The number of hydrogen-bond acceptors (Lipinski definition) is 3. The molecule has 4 nitrogen and oxygen atoms in total. The zero-order chi connectivity index (χ0) is 15.5. The Kier molecular flexibility index (Phi) is 4.78. The third-order valence-corrected chi connectivity index (χ3v) is 3.38. The van der Waals surface area contributed by atoms with Gasteiger partial charge < -0.3 is 5.32 Å². The molecular formula is C17H26N4. The number of nitrogens with one attached hydrogen (secondary N) is 1. The molecule has 0 fully saturated rings. The largest absolute Gasteiger partial charge is 0.306 e. The first kappa shape index (κ1) is 15.7. The fraction of sp³-hybridized carbons (Fsp3) is 0.529. The molecule has 1 aromatic heterocycles. The maximum absolute atomic E-state index is 4.21. The van der Waals surface area contributed by atoms with Crippen molar-refractivity contribution in [2.45, 2.75) is 59.2 Å². The number of nitrogens with zero attached hydrogens (tertiary/aromatic N) is 3. The molecule has 0 atom stereocenters. The summed E-state index contributed by atoms with van der Waals surface area (Å²) in [6.45, 7) is 12.4. The van der Waals surface area contributed by atoms with Gasteiger partial charge in [0.1, 0.15) is 0 Å². The summed E-state index contributed by atoms with van der Waals surface area (Å²) in [5.41, 5.74) is 3.69. The molecule has 1 heterocycles. The molecule has 0 saturated carbocycles. The van der Waals surface area contributed by atoms with E-state index in [1.54, 1.807) is 0 Å². The van der Waals surface area contributed by atoms with Crippen LogP contribution in [0.25, 0.3) is 0 Å². The van der Waals surface area contributed by atoms with Crippen molar-refractivity contribution < 1.29 is 0 Å². The summed E-state index contributed by atoms with van der Waals surface area (Å²) in [6.07, 6.45) is 2.01. The molecule has 114 valence electrons. The average Bonchev–Trinajstić information content (AvgIpc) is 2.84. The van der Waals surface area contributed by atoms with Gasteiger partial charge in [0.15, 0.2) is 0 Å². The average molecular weight is 286 g/mol. The Bertz CT molecular complexity index is 561. The minimum absolute atomic E-state index is 0.0937. The van der Waals surface area contributed by atoms with E-state index >= 15 is 0 Å². The maximum Gasteiger partial charge on any atom is 0.0965 e. The van der Waals surface area contributed by atoms with Gasteiger partial charge in [-0.25, -0.2) is 4.68 Å². The lowest BCUT2D eigenvalue weighted by molar-refractivity contribution is 0.421. The van der Waals surface area contributed by atoms with Crippen LogP contribution in [-0.2, 0) is 13.1 Å². The number of benzene rings is 1. The van der Waals surface area contributed by atoms with Gasteiger partial charge in [-0.05, 0) is 37.8 Å². The molecule has 1 aromatic carbocycles. The van der Waals surface area contributed by atoms with E-state index in [1.165, 1.54) is 11.1 Å². The number of rotatable bonds is 5. The van der Waals surface area contributed by atoms with Crippen LogP contribution in [-0.4, -0.2) is 20.5 Å². The number of hydrogen-bond donors (Lipinski definition) is 1. The monoisotopic (exact) mass is 286 g/mol. The van der Waals surface area contributed by atoms with E-state index < -0.39 is 0 Å². The van der Waals surface area contributed by atoms with Crippen molar-refractivity contribution in [2.24, 2.45) is 0 Å². The topological polar surface area (TPSA) is 42.7 Å². The number of aromatic nitrogens is 3. The van der Waals surface area contributed by atoms with E-state index in [0.29, 0.717) is 5.92 Å². The molecule has 0 aliphatic rings. The summed E-state index contributed by atoms with van der Waals surface area (Å²) in [4.78, 5) is 0. The minimum atomic E-state index is 0.0937. The van der Waals surface area contributed by atoms with Gasteiger partial charge in [0.25, 0.3) is 0 Å². The molecule has 2 rings (SSSR count). The van der Waals surface area contributed by atoms with Crippen molar-refractivity contribution in [1.82, 2.24) is 20.3 Å². The highest BCUT2D eigenvalue weighted by molar-refractivity contribution is 5.24. The molecule has 4 heteroatoms. The Balaban J connectivity index is 1.96. The predicted molar refractivity (Wildman–Crippen MR) is 86.2 cm³/mol. The van der Waals surface area contributed by atoms with Crippen molar-refractivity contribution >= 4 is 0 Å². The van der Waals surface area contributed by atoms with Crippen LogP contribution >= 0.6 is 0 Å². The van der Waals surface area contributed by atoms with Gasteiger partial charge in [-0.15, -0.1) is 5.10 Å². The molecule has 0 spiro atoms. The molecule has 2 aromatic rings. The molecule has 0 aliphatic heterocycles. The SMILES string of the molecule is CC(C)c1ccc(Cn2cc(CNC(C)(C)C)nn2)cc1. The van der Waals surface area contributed by atoms with E-state index in [2.05, 4.69) is 74.5 Å². The second-order valence-electron chi connectivity index (χ2n) is 6.91. The van der Waals surface area contributed by atoms with Gasteiger partial charge in [-0.2, -0.15) is 0 Å². The van der Waals surface area contributed by atoms with Crippen LogP contribution in [0.5, 0.6) is 0 Å². The molecule has 0 bridgehead atoms. The first-order chi connectivity index (χ1) is 9.83. The molecule has 0 radical (unpaired) electrons. The molecule has 0 aliphatic carbocycles. The van der Waals surface area contributed by atoms with Crippen LogP contribution in [0.1, 0.15) is 57.4 Å². The van der Waals surface area contributed by atoms with Crippen LogP contribution in [0.2, 0.25) is 0 Å². The smallest absolute Gasteiger partial charge is 0.0965 e. The highest BCUT2D eigenvalue weighted by Crippen LogP contribution is 2.15. The first-order valence-electron chi connectivity index (χ1n) is 7.56. The molecule has 0 amide bonds. The molecule has 0 saturated heterocycles. The lowest BCUT2D eigenvalue weighted by atomic mass is 10.0. The van der Waals surface area contributed by atoms with E-state index in [9.17, 15) is 0 Å².